The zero-order valence-corrected chi connectivity index (χ0v) is 27.9. The molecule has 0 amide bonds. The van der Waals surface area contributed by atoms with E-state index in [1.165, 1.54) is 18.7 Å². The molecule has 2 aliphatic heterocycles. The zero-order chi connectivity index (χ0) is 31.3. The van der Waals surface area contributed by atoms with Gasteiger partial charge in [-0.25, -0.2) is 0 Å². The minimum atomic E-state index is -1.37. The molecule has 2 bridgehead atoms. The van der Waals surface area contributed by atoms with Gasteiger partial charge in [0.2, 0.25) is 0 Å². The van der Waals surface area contributed by atoms with Crippen molar-refractivity contribution in [1.29, 1.82) is 0 Å². The second-order valence-corrected chi connectivity index (χ2v) is 16.5. The highest BCUT2D eigenvalue weighted by Crippen LogP contribution is 2.68. The van der Waals surface area contributed by atoms with E-state index < -0.39 is 34.8 Å². The van der Waals surface area contributed by atoms with Crippen LogP contribution in [0.5, 0.6) is 0 Å². The summed E-state index contributed by atoms with van der Waals surface area (Å²) in [6, 6.07) is 0. The first-order chi connectivity index (χ1) is 20.0. The smallest absolute Gasteiger partial charge is 0.302 e. The molecule has 8 nitrogen and oxygen atoms in total. The molecule has 2 heterocycles. The number of ether oxygens (including phenoxy) is 4. The number of rotatable bonds is 5. The molecule has 0 radical (unpaired) electrons. The highest BCUT2D eigenvalue weighted by molar-refractivity contribution is 8.13. The molecule has 0 aromatic rings. The normalized spacial score (nSPS) is 48.9. The maximum Gasteiger partial charge on any atom is 0.302 e. The number of esters is 1. The molecule has 12 atom stereocenters. The number of aliphatic hydroxyl groups is 1. The fraction of sp³-hybridized carbons (Fsp3) is 0.853. The van der Waals surface area contributed by atoms with Crippen LogP contribution in [0.3, 0.4) is 0 Å². The van der Waals surface area contributed by atoms with E-state index in [-0.39, 0.29) is 59.0 Å². The topological polar surface area (TPSA) is 108 Å². The monoisotopic (exact) mass is 618 g/mol. The maximum atomic E-state index is 12.6. The third kappa shape index (κ3) is 4.73. The molecule has 43 heavy (non-hydrogen) atoms. The third-order valence-electron chi connectivity index (χ3n) is 13.2. The molecule has 0 aromatic heterocycles. The zero-order valence-electron chi connectivity index (χ0n) is 27.1. The Morgan fingerprint density at radius 3 is 2.49 bits per heavy atom. The van der Waals surface area contributed by atoms with Gasteiger partial charge in [0.1, 0.15) is 11.7 Å². The Morgan fingerprint density at radius 1 is 1.09 bits per heavy atom. The molecule has 240 valence electrons. The molecule has 4 aliphatic carbocycles. The fourth-order valence-corrected chi connectivity index (χ4v) is 11.0. The van der Waals surface area contributed by atoms with Crippen molar-refractivity contribution >= 4 is 28.6 Å². The van der Waals surface area contributed by atoms with Gasteiger partial charge in [-0.15, -0.1) is 0 Å². The molecular weight excluding hydrogens is 568 g/mol. The van der Waals surface area contributed by atoms with Crippen LogP contribution in [0.15, 0.2) is 11.6 Å². The van der Waals surface area contributed by atoms with E-state index in [1.807, 2.05) is 13.8 Å². The van der Waals surface area contributed by atoms with Gasteiger partial charge >= 0.3 is 5.97 Å². The van der Waals surface area contributed by atoms with Gasteiger partial charge in [-0.05, 0) is 100 Å². The van der Waals surface area contributed by atoms with E-state index in [0.29, 0.717) is 24.7 Å². The van der Waals surface area contributed by atoms with Gasteiger partial charge in [-0.1, -0.05) is 38.1 Å². The van der Waals surface area contributed by atoms with Crippen LogP contribution in [0.4, 0.5) is 0 Å². The Bertz CT molecular complexity index is 1230. The molecule has 0 aromatic carbocycles. The van der Waals surface area contributed by atoms with Crippen LogP contribution < -0.4 is 0 Å². The maximum absolute atomic E-state index is 12.6. The SMILES string of the molecule is CSC(=O)C[C@@]12O[C@@H]([C@@H](C)[C@@H]3CC[C@H]4[C@H]5[C@H](O)CC6=CC(=O)C[C@H](OC(C)=O)[C@@]6(C)[C@H]5CC[C@@]34C)C[C@@](C)(O1)C(C)(C)O2. The predicted molar refractivity (Wildman–Crippen MR) is 162 cm³/mol. The van der Waals surface area contributed by atoms with Crippen LogP contribution in [-0.2, 0) is 33.3 Å². The van der Waals surface area contributed by atoms with Crippen molar-refractivity contribution in [3.8, 4) is 0 Å². The Balaban J connectivity index is 1.28. The summed E-state index contributed by atoms with van der Waals surface area (Å²) in [6.07, 6.45) is 7.73. The van der Waals surface area contributed by atoms with Gasteiger partial charge in [-0.3, -0.25) is 14.4 Å². The van der Waals surface area contributed by atoms with Crippen molar-refractivity contribution in [3.63, 3.8) is 0 Å². The average molecular weight is 619 g/mol. The standard InChI is InChI=1S/C34H50O8S/c1-18(26-16-32(6)30(3,4)41-34(40-26,42-32)17-28(38)43-8)22-9-10-23-29-24(11-12-31(22,23)5)33(7)20(14-25(29)37)13-21(36)15-27(33)39-19(2)35/h13,18,22-27,29,37H,9-12,14-17H2,1-8H3/t18-,22-,23-,24-,25+,26+,27-,29+,31-,32+,33+,34-/m0/s1. The number of carbonyl (C=O) groups excluding carboxylic acids is 3. The molecule has 5 fully saturated rings. The lowest BCUT2D eigenvalue weighted by Gasteiger charge is -2.61. The number of thioether (sulfide) groups is 1. The van der Waals surface area contributed by atoms with E-state index >= 15 is 0 Å². The Morgan fingerprint density at radius 2 is 1.81 bits per heavy atom. The highest BCUT2D eigenvalue weighted by atomic mass is 32.2. The second kappa shape index (κ2) is 10.4. The van der Waals surface area contributed by atoms with Crippen LogP contribution >= 0.6 is 11.8 Å². The highest BCUT2D eigenvalue weighted by Gasteiger charge is 2.68. The Labute approximate surface area is 260 Å². The summed E-state index contributed by atoms with van der Waals surface area (Å²) in [5.74, 6) is -0.663. The van der Waals surface area contributed by atoms with Crippen molar-refractivity contribution in [2.75, 3.05) is 6.26 Å². The van der Waals surface area contributed by atoms with Crippen LogP contribution in [0.1, 0.15) is 99.8 Å². The van der Waals surface area contributed by atoms with E-state index in [2.05, 4.69) is 27.7 Å². The van der Waals surface area contributed by atoms with Gasteiger partial charge in [0, 0.05) is 25.2 Å². The van der Waals surface area contributed by atoms with E-state index in [1.54, 1.807) is 12.3 Å². The summed E-state index contributed by atoms with van der Waals surface area (Å²) in [4.78, 5) is 37.3. The first-order valence-electron chi connectivity index (χ1n) is 16.2. The molecule has 0 spiro atoms. The molecular formula is C34H50O8S. The Kier molecular flexibility index (Phi) is 7.65. The van der Waals surface area contributed by atoms with Crippen LogP contribution in [-0.4, -0.2) is 63.7 Å². The van der Waals surface area contributed by atoms with Crippen LogP contribution in [0, 0.1) is 40.4 Å². The minimum Gasteiger partial charge on any atom is -0.461 e. The first-order valence-corrected chi connectivity index (χ1v) is 17.5. The van der Waals surface area contributed by atoms with Gasteiger partial charge in [0.05, 0.1) is 24.2 Å². The third-order valence-corrected chi connectivity index (χ3v) is 13.8. The fourth-order valence-electron chi connectivity index (χ4n) is 10.7. The number of aliphatic hydroxyl groups excluding tert-OH is 1. The number of carbonyl (C=O) groups is 3. The molecule has 3 saturated carbocycles. The molecule has 6 aliphatic rings. The van der Waals surface area contributed by atoms with Gasteiger partial charge in [0.25, 0.3) is 5.97 Å². The first kappa shape index (κ1) is 31.7. The van der Waals surface area contributed by atoms with E-state index in [4.69, 9.17) is 18.9 Å². The summed E-state index contributed by atoms with van der Waals surface area (Å²) in [7, 11) is 0. The summed E-state index contributed by atoms with van der Waals surface area (Å²) in [5, 5.41) is 11.7. The van der Waals surface area contributed by atoms with Crippen molar-refractivity contribution in [2.24, 2.45) is 40.4 Å². The van der Waals surface area contributed by atoms with Crippen LogP contribution in [0.2, 0.25) is 0 Å². The average Bonchev–Trinajstić information content (AvgIpc) is 3.31. The number of hydrogen-bond donors (Lipinski definition) is 1. The summed E-state index contributed by atoms with van der Waals surface area (Å²) >= 11 is 1.17. The lowest BCUT2D eigenvalue weighted by atomic mass is 9.45. The summed E-state index contributed by atoms with van der Waals surface area (Å²) < 4.78 is 25.4. The van der Waals surface area contributed by atoms with Crippen molar-refractivity contribution in [1.82, 2.24) is 0 Å². The number of fused-ring (bicyclic) bond motifs is 7. The number of ketones is 1. The van der Waals surface area contributed by atoms with Gasteiger partial charge in [-0.2, -0.15) is 0 Å². The van der Waals surface area contributed by atoms with Crippen molar-refractivity contribution < 1.29 is 38.4 Å². The number of hydrogen-bond acceptors (Lipinski definition) is 9. The van der Waals surface area contributed by atoms with E-state index in [9.17, 15) is 19.5 Å². The van der Waals surface area contributed by atoms with Crippen molar-refractivity contribution in [2.45, 2.75) is 135 Å². The molecule has 1 N–H and O–H groups in total. The second-order valence-electron chi connectivity index (χ2n) is 15.6. The molecule has 9 heteroatoms. The van der Waals surface area contributed by atoms with Gasteiger partial charge in [0.15, 0.2) is 10.9 Å². The largest absolute Gasteiger partial charge is 0.461 e. The van der Waals surface area contributed by atoms with E-state index in [0.717, 1.165) is 31.3 Å². The summed E-state index contributed by atoms with van der Waals surface area (Å²) in [5.41, 5.74) is -0.693. The summed E-state index contributed by atoms with van der Waals surface area (Å²) in [6.45, 7) is 14.4. The van der Waals surface area contributed by atoms with Crippen LogP contribution in [0.25, 0.3) is 0 Å². The predicted octanol–water partition coefficient (Wildman–Crippen LogP) is 5.59. The molecule has 2 saturated heterocycles. The Hall–Kier alpha value is -1.26. The molecule has 0 unspecified atom stereocenters. The molecule has 6 rings (SSSR count). The van der Waals surface area contributed by atoms with Crippen molar-refractivity contribution in [3.05, 3.63) is 11.6 Å². The lowest BCUT2D eigenvalue weighted by molar-refractivity contribution is -0.392. The van der Waals surface area contributed by atoms with Gasteiger partial charge < -0.3 is 24.1 Å². The quantitative estimate of drug-likeness (QED) is 0.395. The lowest BCUT2D eigenvalue weighted by Crippen LogP contribution is -2.60. The minimum absolute atomic E-state index is 0.000795.